The first-order valence-electron chi connectivity index (χ1n) is 6.45. The molecular formula is C14H16Cl2N2. The third-order valence-electron chi connectivity index (χ3n) is 3.57. The van der Waals surface area contributed by atoms with Gasteiger partial charge in [-0.1, -0.05) is 30.5 Å². The Morgan fingerprint density at radius 2 is 2.22 bits per heavy atom. The summed E-state index contributed by atoms with van der Waals surface area (Å²) in [4.78, 5) is 4.61. The molecule has 0 bridgehead atoms. The lowest BCUT2D eigenvalue weighted by Crippen LogP contribution is -2.05. The number of imidazole rings is 1. The van der Waals surface area contributed by atoms with Crippen LogP contribution in [0.2, 0.25) is 5.02 Å². The number of nitrogens with zero attached hydrogens (tertiary/aromatic N) is 2. The summed E-state index contributed by atoms with van der Waals surface area (Å²) in [7, 11) is 0. The normalized spacial score (nSPS) is 17.3. The molecule has 0 saturated heterocycles. The lowest BCUT2D eigenvalue weighted by Gasteiger charge is -2.09. The van der Waals surface area contributed by atoms with Crippen molar-refractivity contribution in [1.82, 2.24) is 9.55 Å². The number of aromatic nitrogens is 2. The SMILES string of the molecule is CC(Cl)c1nc2c(Cl)cccc2n1CCC1CC1. The van der Waals surface area contributed by atoms with Crippen molar-refractivity contribution < 1.29 is 0 Å². The number of rotatable bonds is 4. The van der Waals surface area contributed by atoms with E-state index in [1.54, 1.807) is 0 Å². The summed E-state index contributed by atoms with van der Waals surface area (Å²) in [5.74, 6) is 1.83. The number of benzene rings is 1. The first kappa shape index (κ1) is 12.3. The molecule has 4 heteroatoms. The van der Waals surface area contributed by atoms with E-state index in [1.165, 1.54) is 19.3 Å². The van der Waals surface area contributed by atoms with Crippen LogP contribution in [0, 0.1) is 5.92 Å². The molecule has 1 aromatic heterocycles. The van der Waals surface area contributed by atoms with E-state index in [2.05, 4.69) is 15.6 Å². The van der Waals surface area contributed by atoms with E-state index in [9.17, 15) is 0 Å². The summed E-state index contributed by atoms with van der Waals surface area (Å²) in [6.07, 6.45) is 3.97. The fourth-order valence-corrected chi connectivity index (χ4v) is 2.77. The zero-order valence-electron chi connectivity index (χ0n) is 10.4. The maximum atomic E-state index is 6.24. The predicted octanol–water partition coefficient (Wildman–Crippen LogP) is 4.79. The van der Waals surface area contributed by atoms with Crippen LogP contribution in [0.3, 0.4) is 0 Å². The van der Waals surface area contributed by atoms with Crippen molar-refractivity contribution >= 4 is 34.2 Å². The molecule has 2 aromatic rings. The maximum Gasteiger partial charge on any atom is 0.127 e. The fourth-order valence-electron chi connectivity index (χ4n) is 2.39. The molecule has 0 amide bonds. The lowest BCUT2D eigenvalue weighted by atomic mass is 10.2. The van der Waals surface area contributed by atoms with Gasteiger partial charge in [0.25, 0.3) is 0 Å². The van der Waals surface area contributed by atoms with Gasteiger partial charge in [0.15, 0.2) is 0 Å². The number of para-hydroxylation sites is 1. The minimum Gasteiger partial charge on any atom is -0.327 e. The molecule has 0 N–H and O–H groups in total. The number of hydrogen-bond acceptors (Lipinski definition) is 1. The van der Waals surface area contributed by atoms with E-state index in [1.807, 2.05) is 19.1 Å². The van der Waals surface area contributed by atoms with Crippen LogP contribution in [0.15, 0.2) is 18.2 Å². The molecule has 0 aliphatic heterocycles. The van der Waals surface area contributed by atoms with Gasteiger partial charge in [0, 0.05) is 6.54 Å². The summed E-state index contributed by atoms with van der Waals surface area (Å²) in [5.41, 5.74) is 1.98. The molecule has 0 radical (unpaired) electrons. The van der Waals surface area contributed by atoms with Crippen molar-refractivity contribution in [3.8, 4) is 0 Å². The molecule has 1 aromatic carbocycles. The molecule has 1 saturated carbocycles. The van der Waals surface area contributed by atoms with Crippen molar-refractivity contribution in [3.05, 3.63) is 29.0 Å². The average Bonchev–Trinajstić information content (AvgIpc) is 3.07. The monoisotopic (exact) mass is 282 g/mol. The van der Waals surface area contributed by atoms with E-state index in [-0.39, 0.29) is 5.38 Å². The standard InChI is InChI=1S/C14H16Cl2N2/c1-9(15)14-17-13-11(16)3-2-4-12(13)18(14)8-7-10-5-6-10/h2-4,9-10H,5-8H2,1H3. The Balaban J connectivity index is 2.05. The molecule has 0 spiro atoms. The summed E-state index contributed by atoms with van der Waals surface area (Å²) >= 11 is 12.4. The number of fused-ring (bicyclic) bond motifs is 1. The molecule has 96 valence electrons. The van der Waals surface area contributed by atoms with Crippen LogP contribution in [0.5, 0.6) is 0 Å². The summed E-state index contributed by atoms with van der Waals surface area (Å²) in [5, 5.41) is 0.615. The highest BCUT2D eigenvalue weighted by molar-refractivity contribution is 6.35. The van der Waals surface area contributed by atoms with Gasteiger partial charge in [-0.2, -0.15) is 0 Å². The highest BCUT2D eigenvalue weighted by atomic mass is 35.5. The van der Waals surface area contributed by atoms with Gasteiger partial charge in [0.2, 0.25) is 0 Å². The Morgan fingerprint density at radius 3 is 2.89 bits per heavy atom. The quantitative estimate of drug-likeness (QED) is 0.738. The van der Waals surface area contributed by atoms with Crippen molar-refractivity contribution in [2.75, 3.05) is 0 Å². The number of aryl methyl sites for hydroxylation is 1. The van der Waals surface area contributed by atoms with Crippen LogP contribution in [-0.2, 0) is 6.54 Å². The van der Waals surface area contributed by atoms with Gasteiger partial charge in [0.1, 0.15) is 11.3 Å². The van der Waals surface area contributed by atoms with Crippen molar-refractivity contribution in [3.63, 3.8) is 0 Å². The number of halogens is 2. The van der Waals surface area contributed by atoms with Gasteiger partial charge < -0.3 is 4.57 Å². The first-order chi connectivity index (χ1) is 8.66. The molecule has 1 fully saturated rings. The summed E-state index contributed by atoms with van der Waals surface area (Å²) in [6, 6.07) is 5.93. The minimum absolute atomic E-state index is 0.0901. The smallest absolute Gasteiger partial charge is 0.127 e. The maximum absolute atomic E-state index is 6.24. The molecule has 3 rings (SSSR count). The van der Waals surface area contributed by atoms with E-state index in [0.29, 0.717) is 5.02 Å². The second-order valence-corrected chi connectivity index (χ2v) is 6.14. The van der Waals surface area contributed by atoms with Gasteiger partial charge in [0.05, 0.1) is 15.9 Å². The van der Waals surface area contributed by atoms with Crippen LogP contribution in [0.4, 0.5) is 0 Å². The largest absolute Gasteiger partial charge is 0.327 e. The molecule has 1 unspecified atom stereocenters. The molecule has 1 aliphatic carbocycles. The second kappa shape index (κ2) is 4.75. The fraction of sp³-hybridized carbons (Fsp3) is 0.500. The summed E-state index contributed by atoms with van der Waals surface area (Å²) < 4.78 is 2.23. The van der Waals surface area contributed by atoms with Gasteiger partial charge in [-0.3, -0.25) is 0 Å². The predicted molar refractivity (Wildman–Crippen MR) is 76.4 cm³/mol. The molecule has 1 atom stereocenters. The molecule has 1 aliphatic rings. The van der Waals surface area contributed by atoms with Crippen LogP contribution < -0.4 is 0 Å². The number of hydrogen-bond donors (Lipinski definition) is 0. The molecular weight excluding hydrogens is 267 g/mol. The van der Waals surface area contributed by atoms with Gasteiger partial charge in [-0.05, 0) is 31.4 Å². The molecule has 1 heterocycles. The highest BCUT2D eigenvalue weighted by Gasteiger charge is 2.23. The van der Waals surface area contributed by atoms with Crippen molar-refractivity contribution in [1.29, 1.82) is 0 Å². The van der Waals surface area contributed by atoms with E-state index in [4.69, 9.17) is 23.2 Å². The van der Waals surface area contributed by atoms with Crippen LogP contribution >= 0.6 is 23.2 Å². The third-order valence-corrected chi connectivity index (χ3v) is 4.07. The highest BCUT2D eigenvalue weighted by Crippen LogP contribution is 2.35. The molecule has 18 heavy (non-hydrogen) atoms. The van der Waals surface area contributed by atoms with Crippen molar-refractivity contribution in [2.24, 2.45) is 5.92 Å². The van der Waals surface area contributed by atoms with Crippen LogP contribution in [0.25, 0.3) is 11.0 Å². The average molecular weight is 283 g/mol. The van der Waals surface area contributed by atoms with Crippen molar-refractivity contribution in [2.45, 2.75) is 38.1 Å². The molecule has 2 nitrogen and oxygen atoms in total. The van der Waals surface area contributed by atoms with E-state index in [0.717, 1.165) is 29.3 Å². The van der Waals surface area contributed by atoms with Gasteiger partial charge in [-0.25, -0.2) is 4.98 Å². The van der Waals surface area contributed by atoms with Gasteiger partial charge in [-0.15, -0.1) is 11.6 Å². The first-order valence-corrected chi connectivity index (χ1v) is 7.27. The Hall–Kier alpha value is -0.730. The Kier molecular flexibility index (Phi) is 3.25. The third kappa shape index (κ3) is 2.24. The van der Waals surface area contributed by atoms with E-state index >= 15 is 0 Å². The van der Waals surface area contributed by atoms with Crippen LogP contribution in [0.1, 0.15) is 37.4 Å². The van der Waals surface area contributed by atoms with Crippen LogP contribution in [-0.4, -0.2) is 9.55 Å². The minimum atomic E-state index is -0.0901. The van der Waals surface area contributed by atoms with E-state index < -0.39 is 0 Å². The number of alkyl halides is 1. The topological polar surface area (TPSA) is 17.8 Å². The Labute approximate surface area is 117 Å². The lowest BCUT2D eigenvalue weighted by molar-refractivity contribution is 0.585. The summed E-state index contributed by atoms with van der Waals surface area (Å²) in [6.45, 7) is 2.96. The second-order valence-electron chi connectivity index (χ2n) is 5.08. The zero-order chi connectivity index (χ0) is 12.7. The van der Waals surface area contributed by atoms with Gasteiger partial charge >= 0.3 is 0 Å². The Morgan fingerprint density at radius 1 is 1.44 bits per heavy atom. The Bertz CT molecular complexity index is 570. The zero-order valence-corrected chi connectivity index (χ0v) is 11.9.